The van der Waals surface area contributed by atoms with E-state index >= 15 is 0 Å². The lowest BCUT2D eigenvalue weighted by molar-refractivity contribution is 0.229. The summed E-state index contributed by atoms with van der Waals surface area (Å²) in [4.78, 5) is 0. The summed E-state index contributed by atoms with van der Waals surface area (Å²) in [5.41, 5.74) is 2.05. The molecule has 7 heteroatoms. The van der Waals surface area contributed by atoms with Gasteiger partial charge in [0.2, 0.25) is 5.90 Å². The van der Waals surface area contributed by atoms with Gasteiger partial charge in [0.15, 0.2) is 0 Å². The molecule has 1 aromatic carbocycles. The first-order chi connectivity index (χ1) is 6.98. The van der Waals surface area contributed by atoms with Crippen LogP contribution < -0.4 is 5.43 Å². The summed E-state index contributed by atoms with van der Waals surface area (Å²) in [5.74, 6) is -1.49. The van der Waals surface area contributed by atoms with Gasteiger partial charge in [-0.05, 0) is 41.4 Å². The Bertz CT molecular complexity index is 437. The van der Waals surface area contributed by atoms with Crippen molar-refractivity contribution in [3.05, 3.63) is 35.4 Å². The third kappa shape index (κ3) is 2.13. The Hall–Kier alpha value is -1.07. The van der Waals surface area contributed by atoms with Gasteiger partial charge in [0.25, 0.3) is 0 Å². The van der Waals surface area contributed by atoms with Gasteiger partial charge in [-0.25, -0.2) is 14.2 Å². The van der Waals surface area contributed by atoms with Crippen LogP contribution in [-0.2, 0) is 4.74 Å². The minimum Gasteiger partial charge on any atom is -0.420 e. The van der Waals surface area contributed by atoms with Gasteiger partial charge in [-0.1, -0.05) is 0 Å². The fourth-order valence-corrected chi connectivity index (χ4v) is 1.29. The molecule has 1 heterocycles. The van der Waals surface area contributed by atoms with Crippen molar-refractivity contribution >= 4 is 29.1 Å². The largest absolute Gasteiger partial charge is 0.420 e. The zero-order valence-corrected chi connectivity index (χ0v) is 8.61. The normalized spacial score (nSPS) is 18.0. The molecule has 0 atom stereocenters. The highest BCUT2D eigenvalue weighted by molar-refractivity contribution is 6.47. The molecule has 1 aromatic rings. The molecule has 3 nitrogen and oxygen atoms in total. The molecule has 1 aliphatic rings. The standard InChI is InChI=1S/C8H4Cl2F2N2O/c9-8(10)14-13-7(15-8)5-3-4(11)1-2-6(5)12/h1-3,14H. The number of hydrogen-bond donors (Lipinski definition) is 1. The molecule has 1 N–H and O–H groups in total. The molecule has 0 aliphatic carbocycles. The van der Waals surface area contributed by atoms with Crippen molar-refractivity contribution in [2.45, 2.75) is 4.64 Å². The van der Waals surface area contributed by atoms with E-state index in [4.69, 9.17) is 27.9 Å². The average Bonchev–Trinajstić information content (AvgIpc) is 2.50. The van der Waals surface area contributed by atoms with E-state index < -0.39 is 16.3 Å². The van der Waals surface area contributed by atoms with Crippen LogP contribution in [0.2, 0.25) is 0 Å². The number of alkyl halides is 2. The SMILES string of the molecule is Fc1ccc(F)c(C2=NNC(Cl)(Cl)O2)c1. The predicted molar refractivity (Wildman–Crippen MR) is 51.6 cm³/mol. The van der Waals surface area contributed by atoms with Gasteiger partial charge in [0.05, 0.1) is 5.56 Å². The first kappa shape index (κ1) is 10.4. The number of nitrogens with one attached hydrogen (secondary N) is 1. The summed E-state index contributed by atoms with van der Waals surface area (Å²) in [7, 11) is 0. The van der Waals surface area contributed by atoms with E-state index in [1.54, 1.807) is 0 Å². The van der Waals surface area contributed by atoms with Crippen LogP contribution in [0.3, 0.4) is 0 Å². The quantitative estimate of drug-likeness (QED) is 0.615. The van der Waals surface area contributed by atoms with Crippen LogP contribution in [0.25, 0.3) is 0 Å². The van der Waals surface area contributed by atoms with E-state index in [1.165, 1.54) is 0 Å². The number of halogens is 4. The van der Waals surface area contributed by atoms with Crippen LogP contribution in [0.15, 0.2) is 23.3 Å². The number of benzene rings is 1. The van der Waals surface area contributed by atoms with E-state index in [-0.39, 0.29) is 11.5 Å². The van der Waals surface area contributed by atoms with Crippen molar-refractivity contribution in [2.75, 3.05) is 0 Å². The van der Waals surface area contributed by atoms with Crippen LogP contribution in [0.5, 0.6) is 0 Å². The highest BCUT2D eigenvalue weighted by Gasteiger charge is 2.34. The third-order valence-electron chi connectivity index (χ3n) is 1.67. The summed E-state index contributed by atoms with van der Waals surface area (Å²) in [6.45, 7) is 0. The minimum atomic E-state index is -1.74. The van der Waals surface area contributed by atoms with Crippen molar-refractivity contribution in [3.63, 3.8) is 0 Å². The molecule has 0 bridgehead atoms. The molecular weight excluding hydrogens is 249 g/mol. The highest BCUT2D eigenvalue weighted by Crippen LogP contribution is 2.26. The van der Waals surface area contributed by atoms with E-state index in [0.717, 1.165) is 18.2 Å². The van der Waals surface area contributed by atoms with E-state index in [1.807, 2.05) is 0 Å². The second kappa shape index (κ2) is 3.50. The van der Waals surface area contributed by atoms with Crippen LogP contribution in [-0.4, -0.2) is 10.5 Å². The van der Waals surface area contributed by atoms with Gasteiger partial charge < -0.3 is 4.74 Å². The van der Waals surface area contributed by atoms with Crippen LogP contribution >= 0.6 is 23.2 Å². The summed E-state index contributed by atoms with van der Waals surface area (Å²) in [6.07, 6.45) is 0. The third-order valence-corrected chi connectivity index (χ3v) is 1.99. The molecule has 2 rings (SSSR count). The Kier molecular flexibility index (Phi) is 2.44. The maximum Gasteiger partial charge on any atom is 0.356 e. The zero-order chi connectivity index (χ0) is 11.1. The van der Waals surface area contributed by atoms with Crippen LogP contribution in [0.4, 0.5) is 8.78 Å². The second-order valence-corrected chi connectivity index (χ2v) is 4.03. The summed E-state index contributed by atoms with van der Waals surface area (Å²) in [5, 5.41) is 3.53. The number of hydrazone groups is 1. The Balaban J connectivity index is 2.35. The van der Waals surface area contributed by atoms with Crippen molar-refractivity contribution in [3.8, 4) is 0 Å². The molecule has 0 unspecified atom stereocenters. The fourth-order valence-electron chi connectivity index (χ4n) is 1.06. The van der Waals surface area contributed by atoms with E-state index in [2.05, 4.69) is 10.5 Å². The van der Waals surface area contributed by atoms with Crippen molar-refractivity contribution in [1.82, 2.24) is 5.43 Å². The molecule has 0 radical (unpaired) electrons. The maximum absolute atomic E-state index is 13.2. The number of hydrogen-bond acceptors (Lipinski definition) is 3. The lowest BCUT2D eigenvalue weighted by Crippen LogP contribution is -2.27. The van der Waals surface area contributed by atoms with Gasteiger partial charge in [0, 0.05) is 0 Å². The van der Waals surface area contributed by atoms with Crippen LogP contribution in [0.1, 0.15) is 5.56 Å². The second-order valence-electron chi connectivity index (χ2n) is 2.77. The van der Waals surface area contributed by atoms with E-state index in [9.17, 15) is 8.78 Å². The highest BCUT2D eigenvalue weighted by atomic mass is 35.5. The minimum absolute atomic E-state index is 0.148. The van der Waals surface area contributed by atoms with Gasteiger partial charge in [-0.2, -0.15) is 0 Å². The van der Waals surface area contributed by atoms with E-state index in [0.29, 0.717) is 0 Å². The van der Waals surface area contributed by atoms with Gasteiger partial charge >= 0.3 is 4.64 Å². The van der Waals surface area contributed by atoms with Gasteiger partial charge in [-0.3, -0.25) is 0 Å². The number of nitrogens with zero attached hydrogens (tertiary/aromatic N) is 1. The molecule has 0 aromatic heterocycles. The Morgan fingerprint density at radius 2 is 2.07 bits per heavy atom. The van der Waals surface area contributed by atoms with Crippen LogP contribution in [0, 0.1) is 11.6 Å². The monoisotopic (exact) mass is 252 g/mol. The summed E-state index contributed by atoms with van der Waals surface area (Å²) in [6, 6.07) is 2.88. The summed E-state index contributed by atoms with van der Waals surface area (Å²) >= 11 is 11.0. The number of ether oxygens (including phenoxy) is 1. The summed E-state index contributed by atoms with van der Waals surface area (Å²) < 4.78 is 29.2. The number of rotatable bonds is 1. The molecule has 0 amide bonds. The van der Waals surface area contributed by atoms with Gasteiger partial charge in [0.1, 0.15) is 11.6 Å². The predicted octanol–water partition coefficient (Wildman–Crippen LogP) is 2.34. The topological polar surface area (TPSA) is 33.6 Å². The van der Waals surface area contributed by atoms with Crippen molar-refractivity contribution in [1.29, 1.82) is 0 Å². The molecule has 1 aliphatic heterocycles. The lowest BCUT2D eigenvalue weighted by Gasteiger charge is -2.11. The molecule has 0 fully saturated rings. The maximum atomic E-state index is 13.2. The Labute approximate surface area is 93.6 Å². The lowest BCUT2D eigenvalue weighted by atomic mass is 10.2. The van der Waals surface area contributed by atoms with Crippen molar-refractivity contribution < 1.29 is 13.5 Å². The molecule has 0 saturated heterocycles. The first-order valence-corrected chi connectivity index (χ1v) is 4.61. The van der Waals surface area contributed by atoms with Crippen molar-refractivity contribution in [2.24, 2.45) is 5.10 Å². The van der Waals surface area contributed by atoms with Gasteiger partial charge in [-0.15, -0.1) is 5.10 Å². The molecule has 15 heavy (non-hydrogen) atoms. The average molecular weight is 253 g/mol. The smallest absolute Gasteiger partial charge is 0.356 e. The molecular formula is C8H4Cl2F2N2O. The molecule has 0 spiro atoms. The fraction of sp³-hybridized carbons (Fsp3) is 0.125. The molecule has 0 saturated carbocycles. The Morgan fingerprint density at radius 3 is 2.67 bits per heavy atom. The first-order valence-electron chi connectivity index (χ1n) is 3.85. The molecule has 80 valence electrons. The Morgan fingerprint density at radius 1 is 1.33 bits per heavy atom. The zero-order valence-electron chi connectivity index (χ0n) is 7.10.